The highest BCUT2D eigenvalue weighted by Gasteiger charge is 2.23. The van der Waals surface area contributed by atoms with Gasteiger partial charge in [0.1, 0.15) is 18.2 Å². The van der Waals surface area contributed by atoms with Crippen LogP contribution in [-0.4, -0.2) is 33.4 Å². The normalized spacial score (nSPS) is 11.2. The van der Waals surface area contributed by atoms with Crippen molar-refractivity contribution in [1.82, 2.24) is 0 Å². The van der Waals surface area contributed by atoms with E-state index in [4.69, 9.17) is 18.7 Å². The van der Waals surface area contributed by atoms with Crippen LogP contribution in [0.15, 0.2) is 84.9 Å². The van der Waals surface area contributed by atoms with Crippen LogP contribution in [0.4, 0.5) is 14.9 Å². The SMILES string of the molecule is COCOc1ccc(Cc2c(C)cc(N(CO[P+](C)=O)C(=O)OCc3ccccc3)cc2C)cc1Cc1ccc(F)cc1. The third-order valence-electron chi connectivity index (χ3n) is 6.93. The molecule has 4 aromatic rings. The molecule has 0 N–H and O–H groups in total. The number of nitrogens with zero attached hydrogens (tertiary/aromatic N) is 1. The van der Waals surface area contributed by atoms with Crippen molar-refractivity contribution in [3.05, 3.63) is 130 Å². The van der Waals surface area contributed by atoms with Gasteiger partial charge in [-0.25, -0.2) is 14.1 Å². The van der Waals surface area contributed by atoms with Crippen LogP contribution in [0.1, 0.15) is 38.9 Å². The summed E-state index contributed by atoms with van der Waals surface area (Å²) in [5.74, 6) is 0.429. The molecule has 224 valence electrons. The first-order valence-corrected chi connectivity index (χ1v) is 15.5. The van der Waals surface area contributed by atoms with Gasteiger partial charge in [0, 0.05) is 13.5 Å². The summed E-state index contributed by atoms with van der Waals surface area (Å²) in [4.78, 5) is 14.5. The number of aryl methyl sites for hydroxylation is 2. The average Bonchev–Trinajstić information content (AvgIpc) is 2.99. The Morgan fingerprint density at radius 1 is 0.860 bits per heavy atom. The number of anilines is 1. The summed E-state index contributed by atoms with van der Waals surface area (Å²) in [6.07, 6.45) is 0.628. The molecule has 0 aliphatic rings. The lowest BCUT2D eigenvalue weighted by molar-refractivity contribution is 0.0505. The molecule has 0 spiro atoms. The van der Waals surface area contributed by atoms with Crippen LogP contribution in [0, 0.1) is 19.7 Å². The Bertz CT molecular complexity index is 1520. The highest BCUT2D eigenvalue weighted by atomic mass is 31.1. The second-order valence-corrected chi connectivity index (χ2v) is 11.3. The molecule has 0 heterocycles. The largest absolute Gasteiger partial charge is 0.506 e. The third-order valence-corrected chi connectivity index (χ3v) is 7.41. The number of hydrogen-bond acceptors (Lipinski definition) is 6. The molecule has 4 aromatic carbocycles. The maximum atomic E-state index is 13.5. The van der Waals surface area contributed by atoms with Crippen molar-refractivity contribution in [2.45, 2.75) is 33.3 Å². The van der Waals surface area contributed by atoms with Gasteiger partial charge in [-0.3, -0.25) is 0 Å². The smallest absolute Gasteiger partial charge is 0.467 e. The van der Waals surface area contributed by atoms with E-state index in [1.165, 1.54) is 23.7 Å². The highest BCUT2D eigenvalue weighted by molar-refractivity contribution is 7.38. The molecule has 0 saturated carbocycles. The summed E-state index contributed by atoms with van der Waals surface area (Å²) in [7, 11) is -0.352. The Balaban J connectivity index is 1.57. The van der Waals surface area contributed by atoms with E-state index in [0.717, 1.165) is 38.9 Å². The van der Waals surface area contributed by atoms with Crippen molar-refractivity contribution >= 4 is 19.8 Å². The summed E-state index contributed by atoms with van der Waals surface area (Å²) < 4.78 is 47.0. The van der Waals surface area contributed by atoms with Gasteiger partial charge in [0.2, 0.25) is 0 Å². The number of benzene rings is 4. The molecular formula is C34H36FNO6P+. The average molecular weight is 605 g/mol. The van der Waals surface area contributed by atoms with Gasteiger partial charge in [0.25, 0.3) is 0 Å². The van der Waals surface area contributed by atoms with Crippen LogP contribution in [0.25, 0.3) is 0 Å². The Morgan fingerprint density at radius 3 is 2.19 bits per heavy atom. The zero-order valence-corrected chi connectivity index (χ0v) is 25.7. The van der Waals surface area contributed by atoms with Gasteiger partial charge in [-0.15, -0.1) is 4.52 Å². The second kappa shape index (κ2) is 15.4. The number of methoxy groups -OCH3 is 1. The van der Waals surface area contributed by atoms with Crippen LogP contribution in [0.5, 0.6) is 5.75 Å². The minimum Gasteiger partial charge on any atom is -0.467 e. The number of halogens is 1. The molecule has 1 atom stereocenters. The maximum Gasteiger partial charge on any atom is 0.506 e. The van der Waals surface area contributed by atoms with Gasteiger partial charge in [-0.05, 0) is 94.1 Å². The predicted molar refractivity (Wildman–Crippen MR) is 165 cm³/mol. The Labute approximate surface area is 253 Å². The van der Waals surface area contributed by atoms with Crippen LogP contribution in [0.3, 0.4) is 0 Å². The van der Waals surface area contributed by atoms with Crippen molar-refractivity contribution in [1.29, 1.82) is 0 Å². The van der Waals surface area contributed by atoms with Crippen LogP contribution >= 0.6 is 8.03 Å². The van der Waals surface area contributed by atoms with E-state index in [-0.39, 0.29) is 25.9 Å². The lowest BCUT2D eigenvalue weighted by Crippen LogP contribution is -2.33. The van der Waals surface area contributed by atoms with Crippen LogP contribution in [-0.2, 0) is 38.0 Å². The molecule has 0 bridgehead atoms. The fourth-order valence-electron chi connectivity index (χ4n) is 4.74. The van der Waals surface area contributed by atoms with E-state index in [9.17, 15) is 13.8 Å². The molecule has 1 amide bonds. The van der Waals surface area contributed by atoms with E-state index in [0.29, 0.717) is 24.3 Å². The fraction of sp³-hybridized carbons (Fsp3) is 0.265. The first kappa shape index (κ1) is 31.8. The van der Waals surface area contributed by atoms with E-state index in [2.05, 4.69) is 6.07 Å². The molecular weight excluding hydrogens is 568 g/mol. The predicted octanol–water partition coefficient (Wildman–Crippen LogP) is 8.10. The molecule has 7 nitrogen and oxygen atoms in total. The third kappa shape index (κ3) is 9.19. The fourth-order valence-corrected chi connectivity index (χ4v) is 5.02. The maximum absolute atomic E-state index is 13.5. The summed E-state index contributed by atoms with van der Waals surface area (Å²) in [5, 5.41) is 0. The lowest BCUT2D eigenvalue weighted by Gasteiger charge is -2.22. The zero-order valence-electron chi connectivity index (χ0n) is 24.8. The van der Waals surface area contributed by atoms with Gasteiger partial charge in [-0.2, -0.15) is 0 Å². The highest BCUT2D eigenvalue weighted by Crippen LogP contribution is 2.30. The summed E-state index contributed by atoms with van der Waals surface area (Å²) in [5.41, 5.74) is 7.54. The van der Waals surface area contributed by atoms with E-state index in [1.54, 1.807) is 19.2 Å². The first-order valence-electron chi connectivity index (χ1n) is 13.8. The minimum absolute atomic E-state index is 0.106. The number of carbonyl (C=O) groups excluding carboxylic acids is 1. The van der Waals surface area contributed by atoms with Crippen molar-refractivity contribution in [2.75, 3.05) is 32.2 Å². The number of carbonyl (C=O) groups is 1. The zero-order chi connectivity index (χ0) is 30.8. The Hall–Kier alpha value is -4.10. The van der Waals surface area contributed by atoms with E-state index in [1.807, 2.05) is 68.4 Å². The molecule has 0 saturated heterocycles. The summed E-state index contributed by atoms with van der Waals surface area (Å²) >= 11 is 0. The van der Waals surface area contributed by atoms with Crippen molar-refractivity contribution < 1.29 is 32.5 Å². The van der Waals surface area contributed by atoms with Gasteiger partial charge in [0.15, 0.2) is 20.2 Å². The second-order valence-electron chi connectivity index (χ2n) is 10.2. The summed E-state index contributed by atoms with van der Waals surface area (Å²) in [6, 6.07) is 25.7. The van der Waals surface area contributed by atoms with Crippen LogP contribution in [0.2, 0.25) is 0 Å². The number of rotatable bonds is 13. The monoisotopic (exact) mass is 604 g/mol. The molecule has 43 heavy (non-hydrogen) atoms. The van der Waals surface area contributed by atoms with Gasteiger partial charge < -0.3 is 14.2 Å². The number of ether oxygens (including phenoxy) is 3. The molecule has 0 fully saturated rings. The molecule has 4 rings (SSSR count). The van der Waals surface area contributed by atoms with Gasteiger partial charge in [-0.1, -0.05) is 54.6 Å². The Morgan fingerprint density at radius 2 is 1.53 bits per heavy atom. The van der Waals surface area contributed by atoms with Gasteiger partial charge >= 0.3 is 14.1 Å². The minimum atomic E-state index is -1.92. The lowest BCUT2D eigenvalue weighted by atomic mass is 9.93. The molecule has 0 aromatic heterocycles. The molecule has 9 heteroatoms. The van der Waals surface area contributed by atoms with Crippen molar-refractivity contribution in [3.63, 3.8) is 0 Å². The van der Waals surface area contributed by atoms with E-state index < -0.39 is 14.1 Å². The topological polar surface area (TPSA) is 74.3 Å². The van der Waals surface area contributed by atoms with Crippen LogP contribution < -0.4 is 9.64 Å². The molecule has 0 aliphatic carbocycles. The molecule has 1 unspecified atom stereocenters. The standard InChI is InChI=1S/C34H36FNO6P/c1-24-16-31(36(22-42-43(4)38)34(37)40-21-27-8-6-5-7-9-27)17-25(2)32(24)20-28-12-15-33(41-23-39-3)29(19-28)18-26-10-13-30(35)14-11-26/h5-17,19H,18,20-23H2,1-4H3/q+1. The number of amides is 1. The molecule has 0 radical (unpaired) electrons. The quantitative estimate of drug-likeness (QED) is 0.113. The van der Waals surface area contributed by atoms with Crippen molar-refractivity contribution in [3.8, 4) is 5.75 Å². The van der Waals surface area contributed by atoms with E-state index >= 15 is 0 Å². The Kier molecular flexibility index (Phi) is 11.4. The first-order chi connectivity index (χ1) is 20.7. The molecule has 0 aliphatic heterocycles. The summed E-state index contributed by atoms with van der Waals surface area (Å²) in [6.45, 7) is 5.46. The number of hydrogen-bond donors (Lipinski definition) is 0. The van der Waals surface area contributed by atoms with Gasteiger partial charge in [0.05, 0.1) is 5.69 Å². The van der Waals surface area contributed by atoms with Crippen molar-refractivity contribution in [2.24, 2.45) is 0 Å².